The van der Waals surface area contributed by atoms with Crippen LogP contribution in [0.4, 0.5) is 5.69 Å². The number of H-pyrrole nitrogens is 1. The molecule has 3 heterocycles. The molecule has 0 fully saturated rings. The second-order valence-corrected chi connectivity index (χ2v) is 7.34. The van der Waals surface area contributed by atoms with Crippen LogP contribution < -0.4 is 15.4 Å². The van der Waals surface area contributed by atoms with Crippen molar-refractivity contribution in [1.29, 1.82) is 0 Å². The van der Waals surface area contributed by atoms with Crippen LogP contribution in [0.1, 0.15) is 42.4 Å². The van der Waals surface area contributed by atoms with Gasteiger partial charge in [-0.1, -0.05) is 6.92 Å². The van der Waals surface area contributed by atoms with E-state index in [9.17, 15) is 4.79 Å². The first kappa shape index (κ1) is 19.3. The highest BCUT2D eigenvalue weighted by atomic mass is 16.5. The molecule has 1 aliphatic heterocycles. The summed E-state index contributed by atoms with van der Waals surface area (Å²) in [6.07, 6.45) is 7.49. The number of carbonyl (C=O) groups excluding carboxylic acids is 1. The molecule has 3 N–H and O–H groups in total. The summed E-state index contributed by atoms with van der Waals surface area (Å²) < 4.78 is 7.83. The van der Waals surface area contributed by atoms with E-state index in [1.807, 2.05) is 30.5 Å². The molecule has 0 aliphatic carbocycles. The normalized spacial score (nSPS) is 14.9. The zero-order chi connectivity index (χ0) is 20.2. The Kier molecular flexibility index (Phi) is 5.67. The van der Waals surface area contributed by atoms with Crippen molar-refractivity contribution in [3.63, 3.8) is 0 Å². The summed E-state index contributed by atoms with van der Waals surface area (Å²) in [4.78, 5) is 20.6. The second-order valence-electron chi connectivity index (χ2n) is 7.34. The summed E-state index contributed by atoms with van der Waals surface area (Å²) in [6.45, 7) is 6.72. The first-order valence-electron chi connectivity index (χ1n) is 10.2. The number of carbonyl (C=O) groups is 1. The molecule has 0 radical (unpaired) electrons. The number of benzene rings is 1. The number of amides is 1. The van der Waals surface area contributed by atoms with Crippen LogP contribution in [0.2, 0.25) is 0 Å². The molecule has 1 atom stereocenters. The maximum absolute atomic E-state index is 12.9. The van der Waals surface area contributed by atoms with Gasteiger partial charge in [0.2, 0.25) is 0 Å². The van der Waals surface area contributed by atoms with E-state index in [1.54, 1.807) is 12.4 Å². The van der Waals surface area contributed by atoms with E-state index in [0.29, 0.717) is 18.2 Å². The molecule has 1 aliphatic rings. The number of anilines is 1. The zero-order valence-corrected chi connectivity index (χ0v) is 16.9. The van der Waals surface area contributed by atoms with Crippen LogP contribution in [0.3, 0.4) is 0 Å². The maximum Gasteiger partial charge on any atom is 0.257 e. The first-order chi connectivity index (χ1) is 14.2. The van der Waals surface area contributed by atoms with Crippen molar-refractivity contribution in [2.24, 2.45) is 0 Å². The van der Waals surface area contributed by atoms with Gasteiger partial charge in [0.25, 0.3) is 5.91 Å². The number of imidazole rings is 1. The summed E-state index contributed by atoms with van der Waals surface area (Å²) in [6, 6.07) is 7.77. The van der Waals surface area contributed by atoms with Gasteiger partial charge in [-0.25, -0.2) is 4.98 Å². The van der Waals surface area contributed by atoms with Crippen LogP contribution in [0.15, 0.2) is 42.9 Å². The number of fused-ring (bicyclic) bond motifs is 3. The van der Waals surface area contributed by atoms with Gasteiger partial charge in [-0.3, -0.25) is 4.79 Å². The van der Waals surface area contributed by atoms with Gasteiger partial charge in [-0.2, -0.15) is 0 Å². The van der Waals surface area contributed by atoms with Gasteiger partial charge >= 0.3 is 0 Å². The Balaban J connectivity index is 1.41. The fraction of sp³-hybridized carbons (Fsp3) is 0.364. The number of aromatic amines is 1. The van der Waals surface area contributed by atoms with Crippen LogP contribution >= 0.6 is 0 Å². The number of ether oxygens (including phenoxy) is 1. The molecule has 1 unspecified atom stereocenters. The lowest BCUT2D eigenvalue weighted by atomic mass is 10.0. The molecule has 0 saturated heterocycles. The molecule has 1 aromatic carbocycles. The molecule has 4 rings (SSSR count). The number of nitrogens with zero attached hydrogens (tertiary/aromatic N) is 2. The van der Waals surface area contributed by atoms with E-state index in [2.05, 4.69) is 39.0 Å². The van der Waals surface area contributed by atoms with Crippen molar-refractivity contribution in [2.45, 2.75) is 32.7 Å². The average Bonchev–Trinajstić information content (AvgIpc) is 3.36. The van der Waals surface area contributed by atoms with E-state index in [-0.39, 0.29) is 5.91 Å². The molecular weight excluding hydrogens is 366 g/mol. The lowest BCUT2D eigenvalue weighted by molar-refractivity contribution is 0.102. The zero-order valence-electron chi connectivity index (χ0n) is 16.9. The molecule has 152 valence electrons. The third kappa shape index (κ3) is 4.05. The molecule has 0 bridgehead atoms. The fourth-order valence-electron chi connectivity index (χ4n) is 3.69. The molecule has 1 amide bonds. The smallest absolute Gasteiger partial charge is 0.257 e. The van der Waals surface area contributed by atoms with Gasteiger partial charge in [0.05, 0.1) is 11.1 Å². The third-order valence-electron chi connectivity index (χ3n) is 5.16. The predicted molar refractivity (Wildman–Crippen MR) is 113 cm³/mol. The van der Waals surface area contributed by atoms with E-state index in [4.69, 9.17) is 4.74 Å². The maximum atomic E-state index is 12.9. The first-order valence-corrected chi connectivity index (χ1v) is 10.2. The molecule has 2 aromatic heterocycles. The molecular formula is C22H27N5O2. The van der Waals surface area contributed by atoms with Gasteiger partial charge in [0.1, 0.15) is 18.2 Å². The van der Waals surface area contributed by atoms with E-state index in [0.717, 1.165) is 54.4 Å². The Labute approximate surface area is 170 Å². The minimum atomic E-state index is -0.149. The Morgan fingerprint density at radius 1 is 1.31 bits per heavy atom. The van der Waals surface area contributed by atoms with Gasteiger partial charge in [0, 0.05) is 49.0 Å². The molecule has 3 aromatic rings. The lowest BCUT2D eigenvalue weighted by Crippen LogP contribution is -2.21. The van der Waals surface area contributed by atoms with Crippen molar-refractivity contribution in [1.82, 2.24) is 19.9 Å². The fourth-order valence-corrected chi connectivity index (χ4v) is 3.69. The summed E-state index contributed by atoms with van der Waals surface area (Å²) in [5, 5.41) is 6.28. The van der Waals surface area contributed by atoms with Crippen LogP contribution in [-0.4, -0.2) is 40.1 Å². The number of hydrogen-bond donors (Lipinski definition) is 3. The quantitative estimate of drug-likeness (QED) is 0.510. The standard InChI is InChI=1S/C22H27N5O2/c1-3-8-23-10-12-29-17-6-4-16(5-7-17)26-22(28)18-14-25-19-13-15(2)27-11-9-24-21(27)20(18)19/h4-7,9,11,14-15,23,25H,3,8,10,12-13H2,1-2H3,(H,26,28). The summed E-state index contributed by atoms with van der Waals surface area (Å²) in [5.41, 5.74) is 3.29. The van der Waals surface area contributed by atoms with Crippen LogP contribution in [0.5, 0.6) is 5.75 Å². The van der Waals surface area contributed by atoms with Gasteiger partial charge in [-0.05, 0) is 44.2 Å². The topological polar surface area (TPSA) is 84.0 Å². The van der Waals surface area contributed by atoms with E-state index in [1.165, 1.54) is 0 Å². The summed E-state index contributed by atoms with van der Waals surface area (Å²) >= 11 is 0. The SMILES string of the molecule is CCCNCCOc1ccc(NC(=O)c2c[nH]c3c2-c2nccn2C(C)C3)cc1. The minimum Gasteiger partial charge on any atom is -0.492 e. The Bertz CT molecular complexity index is 974. The third-order valence-corrected chi connectivity index (χ3v) is 5.16. The van der Waals surface area contributed by atoms with Crippen LogP contribution in [0.25, 0.3) is 11.4 Å². The van der Waals surface area contributed by atoms with E-state index >= 15 is 0 Å². The highest BCUT2D eigenvalue weighted by molar-refractivity contribution is 6.08. The number of rotatable bonds is 8. The molecule has 0 spiro atoms. The largest absolute Gasteiger partial charge is 0.492 e. The predicted octanol–water partition coefficient (Wildman–Crippen LogP) is 3.63. The molecule has 7 nitrogen and oxygen atoms in total. The van der Waals surface area contributed by atoms with Crippen molar-refractivity contribution in [3.05, 3.63) is 54.1 Å². The second kappa shape index (κ2) is 8.53. The van der Waals surface area contributed by atoms with Crippen molar-refractivity contribution in [3.8, 4) is 17.1 Å². The Hall–Kier alpha value is -3.06. The summed E-state index contributed by atoms with van der Waals surface area (Å²) in [7, 11) is 0. The lowest BCUT2D eigenvalue weighted by Gasteiger charge is -2.22. The van der Waals surface area contributed by atoms with Gasteiger partial charge < -0.3 is 24.9 Å². The van der Waals surface area contributed by atoms with Crippen molar-refractivity contribution in [2.75, 3.05) is 25.0 Å². The molecule has 7 heteroatoms. The summed E-state index contributed by atoms with van der Waals surface area (Å²) in [5.74, 6) is 1.48. The van der Waals surface area contributed by atoms with Crippen LogP contribution in [0, 0.1) is 0 Å². The minimum absolute atomic E-state index is 0.149. The van der Waals surface area contributed by atoms with Gasteiger partial charge in [0.15, 0.2) is 0 Å². The number of aromatic nitrogens is 3. The van der Waals surface area contributed by atoms with Crippen LogP contribution in [-0.2, 0) is 6.42 Å². The average molecular weight is 393 g/mol. The Morgan fingerprint density at radius 3 is 2.93 bits per heavy atom. The molecule has 29 heavy (non-hydrogen) atoms. The number of hydrogen-bond acceptors (Lipinski definition) is 4. The highest BCUT2D eigenvalue weighted by Gasteiger charge is 2.28. The number of nitrogens with one attached hydrogen (secondary N) is 3. The van der Waals surface area contributed by atoms with Crippen molar-refractivity contribution >= 4 is 11.6 Å². The Morgan fingerprint density at radius 2 is 2.14 bits per heavy atom. The monoisotopic (exact) mass is 393 g/mol. The van der Waals surface area contributed by atoms with Crippen molar-refractivity contribution < 1.29 is 9.53 Å². The van der Waals surface area contributed by atoms with E-state index < -0.39 is 0 Å². The van der Waals surface area contributed by atoms with Gasteiger partial charge in [-0.15, -0.1) is 0 Å². The molecule has 0 saturated carbocycles. The highest BCUT2D eigenvalue weighted by Crippen LogP contribution is 2.35.